The second-order valence-electron chi connectivity index (χ2n) is 6.65. The van der Waals surface area contributed by atoms with Gasteiger partial charge in [0.15, 0.2) is 0 Å². The number of hydrogen-bond donors (Lipinski definition) is 1. The van der Waals surface area contributed by atoms with Crippen molar-refractivity contribution >= 4 is 27.3 Å². The molecule has 1 aromatic heterocycles. The second kappa shape index (κ2) is 7.48. The third-order valence-electron chi connectivity index (χ3n) is 4.61. The lowest BCUT2D eigenvalue weighted by atomic mass is 10.1. The fourth-order valence-electron chi connectivity index (χ4n) is 3.01. The molecule has 140 valence electrons. The smallest absolute Gasteiger partial charge is 0.253 e. The van der Waals surface area contributed by atoms with E-state index in [0.29, 0.717) is 5.56 Å². The van der Waals surface area contributed by atoms with E-state index in [1.807, 2.05) is 29.6 Å². The van der Waals surface area contributed by atoms with Gasteiger partial charge in [0.2, 0.25) is 10.0 Å². The second-order valence-corrected chi connectivity index (χ2v) is 9.83. The van der Waals surface area contributed by atoms with E-state index in [0.717, 1.165) is 14.7 Å². The van der Waals surface area contributed by atoms with Gasteiger partial charge in [0.25, 0.3) is 5.91 Å². The van der Waals surface area contributed by atoms with E-state index in [-0.39, 0.29) is 24.7 Å². The maximum Gasteiger partial charge on any atom is 0.253 e. The van der Waals surface area contributed by atoms with Crippen LogP contribution in [0.2, 0.25) is 0 Å². The molecule has 3 rings (SSSR count). The maximum absolute atomic E-state index is 12.7. The molecule has 0 saturated carbocycles. The van der Waals surface area contributed by atoms with Crippen LogP contribution >= 0.6 is 11.3 Å². The van der Waals surface area contributed by atoms with Gasteiger partial charge in [-0.25, -0.2) is 12.7 Å². The first-order valence-electron chi connectivity index (χ1n) is 8.29. The first kappa shape index (κ1) is 19.0. The molecule has 1 amide bonds. The predicted octanol–water partition coefficient (Wildman–Crippen LogP) is 1.74. The topological polar surface area (TPSA) is 77.9 Å². The van der Waals surface area contributed by atoms with Gasteiger partial charge in [0.05, 0.1) is 11.9 Å². The standard InChI is InChI=1S/C18H22N2O4S2/c1-19(2)26(23,24)12-15-10-20(11-16(15)21)18(22)14-7-5-13(6-8-14)17-4-3-9-25-17/h3-9,15-16,21H,10-12H2,1-2H3/t15-,16-/m0/s1. The molecule has 0 radical (unpaired) electrons. The molecule has 1 aromatic carbocycles. The highest BCUT2D eigenvalue weighted by Gasteiger charge is 2.37. The molecule has 2 aromatic rings. The Bertz CT molecular complexity index is 861. The Kier molecular flexibility index (Phi) is 5.47. The Morgan fingerprint density at radius 3 is 2.50 bits per heavy atom. The lowest BCUT2D eigenvalue weighted by molar-refractivity contribution is 0.0765. The molecule has 26 heavy (non-hydrogen) atoms. The number of carbonyl (C=O) groups excluding carboxylic acids is 1. The molecule has 8 heteroatoms. The zero-order chi connectivity index (χ0) is 18.9. The largest absolute Gasteiger partial charge is 0.391 e. The van der Waals surface area contributed by atoms with Crippen molar-refractivity contribution in [3.05, 3.63) is 47.3 Å². The maximum atomic E-state index is 12.7. The van der Waals surface area contributed by atoms with E-state index in [1.165, 1.54) is 19.0 Å². The highest BCUT2D eigenvalue weighted by molar-refractivity contribution is 7.89. The Labute approximate surface area is 157 Å². The number of sulfonamides is 1. The lowest BCUT2D eigenvalue weighted by Crippen LogP contribution is -2.33. The van der Waals surface area contributed by atoms with Crippen molar-refractivity contribution in [1.82, 2.24) is 9.21 Å². The van der Waals surface area contributed by atoms with Gasteiger partial charge in [-0.1, -0.05) is 18.2 Å². The number of benzene rings is 1. The van der Waals surface area contributed by atoms with Crippen molar-refractivity contribution in [2.24, 2.45) is 5.92 Å². The normalized spacial score (nSPS) is 20.7. The predicted molar refractivity (Wildman–Crippen MR) is 103 cm³/mol. The highest BCUT2D eigenvalue weighted by atomic mass is 32.2. The zero-order valence-corrected chi connectivity index (χ0v) is 16.3. The summed E-state index contributed by atoms with van der Waals surface area (Å²) in [5, 5.41) is 12.2. The van der Waals surface area contributed by atoms with Crippen molar-refractivity contribution < 1.29 is 18.3 Å². The summed E-state index contributed by atoms with van der Waals surface area (Å²) in [5.74, 6) is -0.828. The van der Waals surface area contributed by atoms with E-state index in [9.17, 15) is 18.3 Å². The average molecular weight is 395 g/mol. The molecule has 1 fully saturated rings. The van der Waals surface area contributed by atoms with E-state index >= 15 is 0 Å². The van der Waals surface area contributed by atoms with Crippen LogP contribution in [0.4, 0.5) is 0 Å². The van der Waals surface area contributed by atoms with E-state index < -0.39 is 22.0 Å². The van der Waals surface area contributed by atoms with E-state index in [1.54, 1.807) is 23.5 Å². The molecule has 6 nitrogen and oxygen atoms in total. The van der Waals surface area contributed by atoms with Crippen LogP contribution in [0.1, 0.15) is 10.4 Å². The van der Waals surface area contributed by atoms with Crippen LogP contribution in [0.25, 0.3) is 10.4 Å². The number of rotatable bonds is 5. The fraction of sp³-hybridized carbons (Fsp3) is 0.389. The van der Waals surface area contributed by atoms with Gasteiger partial charge in [0, 0.05) is 43.5 Å². The number of aliphatic hydroxyl groups is 1. The zero-order valence-electron chi connectivity index (χ0n) is 14.7. The summed E-state index contributed by atoms with van der Waals surface area (Å²) in [7, 11) is -0.489. The third-order valence-corrected chi connectivity index (χ3v) is 7.49. The molecule has 1 aliphatic heterocycles. The Hall–Kier alpha value is -1.74. The van der Waals surface area contributed by atoms with Gasteiger partial charge < -0.3 is 10.0 Å². The summed E-state index contributed by atoms with van der Waals surface area (Å²) in [6, 6.07) is 11.3. The monoisotopic (exact) mass is 394 g/mol. The number of nitrogens with zero attached hydrogens (tertiary/aromatic N) is 2. The minimum atomic E-state index is -3.42. The number of hydrogen-bond acceptors (Lipinski definition) is 5. The molecule has 1 aliphatic rings. The Balaban J connectivity index is 1.69. The van der Waals surface area contributed by atoms with Crippen LogP contribution in [0.5, 0.6) is 0 Å². The number of β-amino-alcohol motifs (C(OH)–C–C–N with tert-alkyl or cyclic N) is 1. The van der Waals surface area contributed by atoms with Gasteiger partial charge in [-0.05, 0) is 29.1 Å². The number of thiophene rings is 1. The molecule has 0 bridgehead atoms. The Morgan fingerprint density at radius 2 is 1.92 bits per heavy atom. The van der Waals surface area contributed by atoms with Gasteiger partial charge in [-0.2, -0.15) is 0 Å². The number of likely N-dealkylation sites (tertiary alicyclic amines) is 1. The van der Waals surface area contributed by atoms with Crippen LogP contribution in [0, 0.1) is 5.92 Å². The summed E-state index contributed by atoms with van der Waals surface area (Å²) >= 11 is 1.63. The SMILES string of the molecule is CN(C)S(=O)(=O)C[C@@H]1CN(C(=O)c2ccc(-c3cccs3)cc2)C[C@@H]1O. The van der Waals surface area contributed by atoms with Crippen LogP contribution in [0.15, 0.2) is 41.8 Å². The molecule has 2 atom stereocenters. The summed E-state index contributed by atoms with van der Waals surface area (Å²) in [5.41, 5.74) is 1.58. The minimum absolute atomic E-state index is 0.152. The summed E-state index contributed by atoms with van der Waals surface area (Å²) < 4.78 is 25.2. The summed E-state index contributed by atoms with van der Waals surface area (Å²) in [6.07, 6.45) is -0.834. The van der Waals surface area contributed by atoms with Gasteiger partial charge in [0.1, 0.15) is 0 Å². The summed E-state index contributed by atoms with van der Waals surface area (Å²) in [4.78, 5) is 15.4. The third kappa shape index (κ3) is 3.98. The minimum Gasteiger partial charge on any atom is -0.391 e. The first-order chi connectivity index (χ1) is 12.3. The van der Waals surface area contributed by atoms with Crippen molar-refractivity contribution in [3.8, 4) is 10.4 Å². The molecular formula is C18H22N2O4S2. The quantitative estimate of drug-likeness (QED) is 0.838. The number of carbonyl (C=O) groups is 1. The van der Waals surface area contributed by atoms with Crippen LogP contribution in [0.3, 0.4) is 0 Å². The van der Waals surface area contributed by atoms with Crippen LogP contribution in [-0.4, -0.2) is 67.7 Å². The Morgan fingerprint density at radius 1 is 1.23 bits per heavy atom. The number of aliphatic hydroxyl groups excluding tert-OH is 1. The molecule has 2 heterocycles. The highest BCUT2D eigenvalue weighted by Crippen LogP contribution is 2.26. The average Bonchev–Trinajstić information content (AvgIpc) is 3.25. The van der Waals surface area contributed by atoms with Gasteiger partial charge in [-0.15, -0.1) is 11.3 Å². The first-order valence-corrected chi connectivity index (χ1v) is 10.8. The molecule has 0 aliphatic carbocycles. The fourth-order valence-corrected chi connectivity index (χ4v) is 4.91. The molecule has 1 saturated heterocycles. The van der Waals surface area contributed by atoms with Gasteiger partial charge in [-0.3, -0.25) is 4.79 Å². The van der Waals surface area contributed by atoms with E-state index in [2.05, 4.69) is 0 Å². The van der Waals surface area contributed by atoms with Crippen molar-refractivity contribution in [1.29, 1.82) is 0 Å². The van der Waals surface area contributed by atoms with Crippen molar-refractivity contribution in [3.63, 3.8) is 0 Å². The van der Waals surface area contributed by atoms with Crippen molar-refractivity contribution in [2.45, 2.75) is 6.10 Å². The molecule has 1 N–H and O–H groups in total. The van der Waals surface area contributed by atoms with Gasteiger partial charge >= 0.3 is 0 Å². The van der Waals surface area contributed by atoms with E-state index in [4.69, 9.17) is 0 Å². The molecule has 0 spiro atoms. The summed E-state index contributed by atoms with van der Waals surface area (Å²) in [6.45, 7) is 0.388. The molecule has 0 unspecified atom stereocenters. The van der Waals surface area contributed by atoms with Crippen LogP contribution in [-0.2, 0) is 10.0 Å². The molecular weight excluding hydrogens is 372 g/mol. The van der Waals surface area contributed by atoms with Crippen LogP contribution < -0.4 is 0 Å². The number of amides is 1. The lowest BCUT2D eigenvalue weighted by Gasteiger charge is -2.18. The van der Waals surface area contributed by atoms with Crippen molar-refractivity contribution in [2.75, 3.05) is 32.9 Å².